The van der Waals surface area contributed by atoms with E-state index < -0.39 is 0 Å². The summed E-state index contributed by atoms with van der Waals surface area (Å²) >= 11 is 0. The highest BCUT2D eigenvalue weighted by Crippen LogP contribution is 2.17. The topological polar surface area (TPSA) is 79.9 Å². The molecule has 1 fully saturated rings. The number of amides is 2. The predicted octanol–water partition coefficient (Wildman–Crippen LogP) is 0.192. The molecule has 0 saturated carbocycles. The Balaban J connectivity index is 1.58. The number of methoxy groups -OCH3 is 1. The number of rotatable bonds is 9. The van der Waals surface area contributed by atoms with E-state index in [-0.39, 0.29) is 18.2 Å². The lowest BCUT2D eigenvalue weighted by atomic mass is 10.1. The van der Waals surface area contributed by atoms with Gasteiger partial charge in [-0.25, -0.2) is 0 Å². The summed E-state index contributed by atoms with van der Waals surface area (Å²) in [6.07, 6.45) is 0.517. The van der Waals surface area contributed by atoms with Gasteiger partial charge < -0.3 is 20.1 Å². The van der Waals surface area contributed by atoms with Gasteiger partial charge in [0.2, 0.25) is 11.8 Å². The molecule has 0 aromatic heterocycles. The minimum absolute atomic E-state index is 0.144. The molecule has 1 aliphatic rings. The van der Waals surface area contributed by atoms with Gasteiger partial charge in [-0.05, 0) is 18.1 Å². The van der Waals surface area contributed by atoms with Gasteiger partial charge in [0.25, 0.3) is 0 Å². The highest BCUT2D eigenvalue weighted by atomic mass is 16.5. The molecule has 138 valence electrons. The number of carbonyl (C=O) groups is 2. The first-order valence-corrected chi connectivity index (χ1v) is 8.64. The number of nitrogens with one attached hydrogen (secondary N) is 2. The van der Waals surface area contributed by atoms with E-state index in [4.69, 9.17) is 9.47 Å². The molecule has 2 amide bonds. The lowest BCUT2D eigenvalue weighted by molar-refractivity contribution is -0.129. The Labute approximate surface area is 148 Å². The van der Waals surface area contributed by atoms with Crippen molar-refractivity contribution in [2.75, 3.05) is 53.0 Å². The summed E-state index contributed by atoms with van der Waals surface area (Å²) in [4.78, 5) is 25.9. The summed E-state index contributed by atoms with van der Waals surface area (Å²) in [6, 6.07) is 7.69. The molecule has 7 heteroatoms. The zero-order chi connectivity index (χ0) is 17.9. The van der Waals surface area contributed by atoms with Crippen molar-refractivity contribution in [1.29, 1.82) is 0 Å². The molecule has 2 rings (SSSR count). The van der Waals surface area contributed by atoms with Crippen LogP contribution in [0.2, 0.25) is 0 Å². The summed E-state index contributed by atoms with van der Waals surface area (Å²) in [5.41, 5.74) is 1.03. The van der Waals surface area contributed by atoms with Crippen LogP contribution in [0.3, 0.4) is 0 Å². The zero-order valence-electron chi connectivity index (χ0n) is 14.8. The van der Waals surface area contributed by atoms with E-state index in [9.17, 15) is 9.59 Å². The van der Waals surface area contributed by atoms with E-state index in [0.29, 0.717) is 19.5 Å². The Morgan fingerprint density at radius 1 is 1.12 bits per heavy atom. The minimum Gasteiger partial charge on any atom is -0.496 e. The molecule has 0 unspecified atom stereocenters. The average molecular weight is 349 g/mol. The van der Waals surface area contributed by atoms with Crippen molar-refractivity contribution in [2.24, 2.45) is 0 Å². The third-order valence-corrected chi connectivity index (χ3v) is 4.08. The van der Waals surface area contributed by atoms with Gasteiger partial charge in [0.1, 0.15) is 12.2 Å². The molecule has 0 bridgehead atoms. The molecule has 0 atom stereocenters. The fourth-order valence-electron chi connectivity index (χ4n) is 2.70. The molecule has 1 aromatic carbocycles. The molecule has 0 spiro atoms. The Kier molecular flexibility index (Phi) is 8.21. The van der Waals surface area contributed by atoms with Crippen molar-refractivity contribution < 1.29 is 19.1 Å². The number of benzene rings is 1. The Bertz CT molecular complexity index is 559. The van der Waals surface area contributed by atoms with Crippen LogP contribution in [0, 0.1) is 0 Å². The zero-order valence-corrected chi connectivity index (χ0v) is 14.8. The summed E-state index contributed by atoms with van der Waals surface area (Å²) < 4.78 is 10.5. The van der Waals surface area contributed by atoms with Crippen LogP contribution in [-0.2, 0) is 20.7 Å². The average Bonchev–Trinajstić information content (AvgIpc) is 2.63. The highest BCUT2D eigenvalue weighted by molar-refractivity contribution is 5.96. The van der Waals surface area contributed by atoms with E-state index in [1.165, 1.54) is 0 Å². The Morgan fingerprint density at radius 2 is 1.80 bits per heavy atom. The molecule has 0 radical (unpaired) electrons. The maximum atomic E-state index is 11.8. The van der Waals surface area contributed by atoms with Crippen LogP contribution < -0.4 is 15.4 Å². The van der Waals surface area contributed by atoms with Gasteiger partial charge in [-0.3, -0.25) is 14.5 Å². The quantitative estimate of drug-likeness (QED) is 0.622. The van der Waals surface area contributed by atoms with Crippen LogP contribution in [-0.4, -0.2) is 69.8 Å². The first kappa shape index (κ1) is 19.2. The molecule has 1 heterocycles. The van der Waals surface area contributed by atoms with E-state index in [1.807, 2.05) is 24.3 Å². The van der Waals surface area contributed by atoms with Crippen LogP contribution in [0.15, 0.2) is 24.3 Å². The first-order valence-electron chi connectivity index (χ1n) is 8.64. The second-order valence-corrected chi connectivity index (χ2v) is 5.89. The van der Waals surface area contributed by atoms with Crippen LogP contribution in [0.25, 0.3) is 0 Å². The monoisotopic (exact) mass is 349 g/mol. The Morgan fingerprint density at radius 3 is 2.52 bits per heavy atom. The second-order valence-electron chi connectivity index (χ2n) is 5.89. The normalized spacial score (nSPS) is 14.8. The molecule has 1 aromatic rings. The molecule has 25 heavy (non-hydrogen) atoms. The van der Waals surface area contributed by atoms with E-state index in [2.05, 4.69) is 15.5 Å². The Hall–Kier alpha value is -2.12. The van der Waals surface area contributed by atoms with Gasteiger partial charge in [0.15, 0.2) is 0 Å². The molecular weight excluding hydrogens is 322 g/mol. The van der Waals surface area contributed by atoms with Gasteiger partial charge in [-0.2, -0.15) is 0 Å². The maximum Gasteiger partial charge on any atom is 0.229 e. The number of hydrogen-bond donors (Lipinski definition) is 2. The molecule has 2 N–H and O–H groups in total. The maximum absolute atomic E-state index is 11.8. The summed E-state index contributed by atoms with van der Waals surface area (Å²) in [6.45, 7) is 5.06. The van der Waals surface area contributed by atoms with Crippen LogP contribution in [0.1, 0.15) is 12.0 Å². The summed E-state index contributed by atoms with van der Waals surface area (Å²) in [7, 11) is 1.62. The van der Waals surface area contributed by atoms with Gasteiger partial charge in [0.05, 0.1) is 20.3 Å². The molecule has 0 aliphatic carbocycles. The highest BCUT2D eigenvalue weighted by Gasteiger charge is 2.12. The summed E-state index contributed by atoms with van der Waals surface area (Å²) in [5, 5.41) is 5.56. The fourth-order valence-corrected chi connectivity index (χ4v) is 2.70. The molecule has 1 saturated heterocycles. The standard InChI is InChI=1S/C18H27N3O4/c1-24-16-5-3-2-4-15(16)6-7-19-17(22)14-18(23)20-8-9-21-10-12-25-13-11-21/h2-5H,6-14H2,1H3,(H,19,22)(H,20,23). The van der Waals surface area contributed by atoms with Gasteiger partial charge in [0, 0.05) is 32.7 Å². The minimum atomic E-state index is -0.265. The van der Waals surface area contributed by atoms with Crippen molar-refractivity contribution in [2.45, 2.75) is 12.8 Å². The van der Waals surface area contributed by atoms with Crippen molar-refractivity contribution in [1.82, 2.24) is 15.5 Å². The first-order chi connectivity index (χ1) is 12.2. The third kappa shape index (κ3) is 7.11. The van der Waals surface area contributed by atoms with E-state index in [0.717, 1.165) is 44.2 Å². The van der Waals surface area contributed by atoms with Crippen LogP contribution in [0.5, 0.6) is 5.75 Å². The van der Waals surface area contributed by atoms with Crippen LogP contribution >= 0.6 is 0 Å². The smallest absolute Gasteiger partial charge is 0.229 e. The summed E-state index contributed by atoms with van der Waals surface area (Å²) in [5.74, 6) is 0.291. The van der Waals surface area contributed by atoms with Crippen molar-refractivity contribution in [3.05, 3.63) is 29.8 Å². The lowest BCUT2D eigenvalue weighted by Gasteiger charge is -2.26. The van der Waals surface area contributed by atoms with Crippen molar-refractivity contribution in [3.8, 4) is 5.75 Å². The molecule has 7 nitrogen and oxygen atoms in total. The van der Waals surface area contributed by atoms with Gasteiger partial charge in [-0.1, -0.05) is 18.2 Å². The molecular formula is C18H27N3O4. The van der Waals surface area contributed by atoms with E-state index >= 15 is 0 Å². The van der Waals surface area contributed by atoms with Gasteiger partial charge in [-0.15, -0.1) is 0 Å². The second kappa shape index (κ2) is 10.7. The largest absolute Gasteiger partial charge is 0.496 e. The lowest BCUT2D eigenvalue weighted by Crippen LogP contribution is -2.42. The van der Waals surface area contributed by atoms with Crippen LogP contribution in [0.4, 0.5) is 0 Å². The van der Waals surface area contributed by atoms with Gasteiger partial charge >= 0.3 is 0 Å². The van der Waals surface area contributed by atoms with E-state index in [1.54, 1.807) is 7.11 Å². The third-order valence-electron chi connectivity index (χ3n) is 4.08. The number of nitrogens with zero attached hydrogens (tertiary/aromatic N) is 1. The SMILES string of the molecule is COc1ccccc1CCNC(=O)CC(=O)NCCN1CCOCC1. The van der Waals surface area contributed by atoms with Crippen molar-refractivity contribution >= 4 is 11.8 Å². The number of ether oxygens (including phenoxy) is 2. The van der Waals surface area contributed by atoms with Crippen molar-refractivity contribution in [3.63, 3.8) is 0 Å². The number of para-hydroxylation sites is 1. The fraction of sp³-hybridized carbons (Fsp3) is 0.556. The molecule has 1 aliphatic heterocycles. The number of carbonyl (C=O) groups excluding carboxylic acids is 2. The predicted molar refractivity (Wildman–Crippen MR) is 94.6 cm³/mol. The number of morpholine rings is 1. The number of hydrogen-bond acceptors (Lipinski definition) is 5.